The number of halogens is 1. The fourth-order valence-electron chi connectivity index (χ4n) is 3.46. The number of nitrogens with zero attached hydrogens (tertiary/aromatic N) is 2. The van der Waals surface area contributed by atoms with Crippen LogP contribution < -0.4 is 10.2 Å². The Labute approximate surface area is 168 Å². The molecular weight excluding hydrogens is 374 g/mol. The monoisotopic (exact) mass is 391 g/mol. The fraction of sp³-hybridized carbons (Fsp3) is 0.136. The lowest BCUT2D eigenvalue weighted by molar-refractivity contribution is 0.0976. The molecule has 140 valence electrons. The van der Waals surface area contributed by atoms with Gasteiger partial charge in [-0.15, -0.1) is 0 Å². The Morgan fingerprint density at radius 1 is 1.11 bits per heavy atom. The minimum Gasteiger partial charge on any atom is -0.322 e. The third kappa shape index (κ3) is 3.49. The van der Waals surface area contributed by atoms with E-state index in [1.165, 1.54) is 12.3 Å². The van der Waals surface area contributed by atoms with Gasteiger partial charge in [-0.25, -0.2) is 0 Å². The second-order valence-electron chi connectivity index (χ2n) is 6.75. The van der Waals surface area contributed by atoms with Crippen molar-refractivity contribution in [2.45, 2.75) is 19.4 Å². The van der Waals surface area contributed by atoms with Gasteiger partial charge in [0.15, 0.2) is 0 Å². The molecule has 0 spiro atoms. The average Bonchev–Trinajstić information content (AvgIpc) is 3.03. The van der Waals surface area contributed by atoms with Crippen LogP contribution in [0.4, 0.5) is 11.4 Å². The van der Waals surface area contributed by atoms with Crippen LogP contribution in [0.25, 0.3) is 0 Å². The highest BCUT2D eigenvalue weighted by molar-refractivity contribution is 6.31. The number of carbonyl (C=O) groups excluding carboxylic acids is 2. The number of para-hydroxylation sites is 1. The number of rotatable bonds is 3. The number of nitrogens with one attached hydrogen (secondary N) is 1. The van der Waals surface area contributed by atoms with E-state index >= 15 is 0 Å². The molecule has 28 heavy (non-hydrogen) atoms. The maximum Gasteiger partial charge on any atom is 0.277 e. The predicted octanol–water partition coefficient (Wildman–Crippen LogP) is 4.58. The molecule has 5 nitrogen and oxygen atoms in total. The first-order valence-electron chi connectivity index (χ1n) is 8.97. The standard InChI is InChI=1S/C22H18ClN3O2/c1-14-11-15-5-2-3-8-20(15)26(14)22(28)19-12-16(9-10-24-19)21(27)25-18-7-4-6-17(23)13-18/h2-10,12-14H,11H2,1H3,(H,25,27). The average molecular weight is 392 g/mol. The third-order valence-electron chi connectivity index (χ3n) is 4.75. The van der Waals surface area contributed by atoms with Gasteiger partial charge >= 0.3 is 0 Å². The van der Waals surface area contributed by atoms with E-state index in [4.69, 9.17) is 11.6 Å². The van der Waals surface area contributed by atoms with Crippen molar-refractivity contribution in [1.82, 2.24) is 4.98 Å². The lowest BCUT2D eigenvalue weighted by Gasteiger charge is -2.22. The van der Waals surface area contributed by atoms with Gasteiger partial charge in [0.2, 0.25) is 0 Å². The molecule has 6 heteroatoms. The van der Waals surface area contributed by atoms with Crippen LogP contribution in [0.1, 0.15) is 33.3 Å². The molecule has 1 N–H and O–H groups in total. The summed E-state index contributed by atoms with van der Waals surface area (Å²) in [6, 6.07) is 17.9. The molecule has 0 bridgehead atoms. The van der Waals surface area contributed by atoms with Crippen molar-refractivity contribution in [3.8, 4) is 0 Å². The van der Waals surface area contributed by atoms with Gasteiger partial charge in [0.1, 0.15) is 5.69 Å². The lowest BCUT2D eigenvalue weighted by Crippen LogP contribution is -2.36. The molecule has 1 aliphatic heterocycles. The molecule has 0 radical (unpaired) electrons. The molecular formula is C22H18ClN3O2. The number of anilines is 2. The van der Waals surface area contributed by atoms with Crippen molar-refractivity contribution in [1.29, 1.82) is 0 Å². The van der Waals surface area contributed by atoms with Gasteiger partial charge < -0.3 is 10.2 Å². The molecule has 2 heterocycles. The first-order valence-corrected chi connectivity index (χ1v) is 9.35. The van der Waals surface area contributed by atoms with Crippen LogP contribution in [-0.2, 0) is 6.42 Å². The summed E-state index contributed by atoms with van der Waals surface area (Å²) in [6.07, 6.45) is 2.28. The summed E-state index contributed by atoms with van der Waals surface area (Å²) >= 11 is 5.96. The van der Waals surface area contributed by atoms with Gasteiger partial charge in [0, 0.05) is 34.2 Å². The maximum atomic E-state index is 13.1. The highest BCUT2D eigenvalue weighted by Gasteiger charge is 2.32. The van der Waals surface area contributed by atoms with Gasteiger partial charge in [-0.2, -0.15) is 0 Å². The summed E-state index contributed by atoms with van der Waals surface area (Å²) in [4.78, 5) is 31.6. The predicted molar refractivity (Wildman–Crippen MR) is 110 cm³/mol. The highest BCUT2D eigenvalue weighted by atomic mass is 35.5. The number of carbonyl (C=O) groups is 2. The van der Waals surface area contributed by atoms with Crippen LogP contribution in [0.2, 0.25) is 5.02 Å². The Hall–Kier alpha value is -3.18. The normalized spacial score (nSPS) is 15.2. The summed E-state index contributed by atoms with van der Waals surface area (Å²) < 4.78 is 0. The molecule has 4 rings (SSSR count). The molecule has 0 saturated carbocycles. The Bertz CT molecular complexity index is 1070. The van der Waals surface area contributed by atoms with Crippen molar-refractivity contribution in [3.05, 3.63) is 88.7 Å². The number of amides is 2. The third-order valence-corrected chi connectivity index (χ3v) is 4.98. The minimum absolute atomic E-state index is 0.0376. The number of benzene rings is 2. The molecule has 3 aromatic rings. The summed E-state index contributed by atoms with van der Waals surface area (Å²) in [5.41, 5.74) is 3.22. The molecule has 1 aromatic heterocycles. The molecule has 0 aliphatic carbocycles. The fourth-order valence-corrected chi connectivity index (χ4v) is 3.65. The Morgan fingerprint density at radius 3 is 2.75 bits per heavy atom. The quantitative estimate of drug-likeness (QED) is 0.710. The van der Waals surface area contributed by atoms with Crippen LogP contribution in [0, 0.1) is 0 Å². The zero-order chi connectivity index (χ0) is 19.7. The molecule has 1 unspecified atom stereocenters. The van der Waals surface area contributed by atoms with Crippen molar-refractivity contribution >= 4 is 34.8 Å². The lowest BCUT2D eigenvalue weighted by atomic mass is 10.1. The summed E-state index contributed by atoms with van der Waals surface area (Å²) in [5.74, 6) is -0.538. The van der Waals surface area contributed by atoms with Crippen molar-refractivity contribution in [2.24, 2.45) is 0 Å². The highest BCUT2D eigenvalue weighted by Crippen LogP contribution is 2.32. The van der Waals surface area contributed by atoms with E-state index in [9.17, 15) is 9.59 Å². The molecule has 2 amide bonds. The van der Waals surface area contributed by atoms with Crippen LogP contribution in [0.3, 0.4) is 0 Å². The SMILES string of the molecule is CC1Cc2ccccc2N1C(=O)c1cc(C(=O)Nc2cccc(Cl)c2)ccn1. The molecule has 0 fully saturated rings. The first-order chi connectivity index (χ1) is 13.5. The first kappa shape index (κ1) is 18.2. The van der Waals surface area contributed by atoms with Crippen molar-refractivity contribution in [3.63, 3.8) is 0 Å². The van der Waals surface area contributed by atoms with Gasteiger partial charge in [0.05, 0.1) is 0 Å². The van der Waals surface area contributed by atoms with E-state index in [0.717, 1.165) is 17.7 Å². The summed E-state index contributed by atoms with van der Waals surface area (Å²) in [6.45, 7) is 2.01. The Kier molecular flexibility index (Phi) is 4.84. The number of pyridine rings is 1. The summed E-state index contributed by atoms with van der Waals surface area (Å²) in [7, 11) is 0. The second-order valence-corrected chi connectivity index (χ2v) is 7.19. The number of hydrogen-bond acceptors (Lipinski definition) is 3. The minimum atomic E-state index is -0.325. The number of hydrogen-bond donors (Lipinski definition) is 1. The maximum absolute atomic E-state index is 13.1. The Balaban J connectivity index is 1.58. The van der Waals surface area contributed by atoms with E-state index in [1.807, 2.05) is 31.2 Å². The Morgan fingerprint density at radius 2 is 1.93 bits per heavy atom. The molecule has 1 atom stereocenters. The molecule has 2 aromatic carbocycles. The van der Waals surface area contributed by atoms with E-state index < -0.39 is 0 Å². The van der Waals surface area contributed by atoms with Gasteiger partial charge in [-0.05, 0) is 55.3 Å². The van der Waals surface area contributed by atoms with E-state index in [2.05, 4.69) is 10.3 Å². The zero-order valence-corrected chi connectivity index (χ0v) is 16.0. The number of fused-ring (bicyclic) bond motifs is 1. The summed E-state index contributed by atoms with van der Waals surface area (Å²) in [5, 5.41) is 3.32. The van der Waals surface area contributed by atoms with Crippen molar-refractivity contribution < 1.29 is 9.59 Å². The van der Waals surface area contributed by atoms with E-state index in [1.54, 1.807) is 35.2 Å². The number of aromatic nitrogens is 1. The van der Waals surface area contributed by atoms with Crippen LogP contribution in [0.5, 0.6) is 0 Å². The smallest absolute Gasteiger partial charge is 0.277 e. The van der Waals surface area contributed by atoms with Crippen LogP contribution in [-0.4, -0.2) is 22.8 Å². The second kappa shape index (κ2) is 7.44. The van der Waals surface area contributed by atoms with Gasteiger partial charge in [-0.3, -0.25) is 14.6 Å². The largest absolute Gasteiger partial charge is 0.322 e. The van der Waals surface area contributed by atoms with Crippen LogP contribution in [0.15, 0.2) is 66.9 Å². The zero-order valence-electron chi connectivity index (χ0n) is 15.2. The van der Waals surface area contributed by atoms with Crippen molar-refractivity contribution in [2.75, 3.05) is 10.2 Å². The molecule has 1 aliphatic rings. The topological polar surface area (TPSA) is 62.3 Å². The van der Waals surface area contributed by atoms with Crippen LogP contribution >= 0.6 is 11.6 Å². The van der Waals surface area contributed by atoms with Gasteiger partial charge in [-0.1, -0.05) is 35.9 Å². The van der Waals surface area contributed by atoms with Gasteiger partial charge in [0.25, 0.3) is 11.8 Å². The van der Waals surface area contributed by atoms with E-state index in [0.29, 0.717) is 16.3 Å². The van der Waals surface area contributed by atoms with E-state index in [-0.39, 0.29) is 23.6 Å². The molecule has 0 saturated heterocycles.